The van der Waals surface area contributed by atoms with Crippen LogP contribution in [0.2, 0.25) is 0 Å². The Morgan fingerprint density at radius 1 is 1.39 bits per heavy atom. The average molecular weight is 250 g/mol. The molecule has 1 aromatic heterocycles. The standard InChI is InChI=1S/C12H14N2O4/c1-7(15)8-5-9(14(2)6-8)10(16)13-12(3-4-12)11(17)18/h5-6H,3-4H2,1-2H3,(H,13,16)(H,17,18). The number of hydrogen-bond acceptors (Lipinski definition) is 3. The number of carboxylic acid groups (broad SMARTS) is 1. The first-order valence-electron chi connectivity index (χ1n) is 5.59. The first-order valence-corrected chi connectivity index (χ1v) is 5.59. The number of carbonyl (C=O) groups is 3. The van der Waals surface area contributed by atoms with Crippen LogP contribution in [0.4, 0.5) is 0 Å². The van der Waals surface area contributed by atoms with Crippen LogP contribution in [-0.4, -0.2) is 32.9 Å². The number of aryl methyl sites for hydroxylation is 1. The number of Topliss-reactive ketones (excluding diaryl/α,β-unsaturated/α-hetero) is 1. The zero-order valence-electron chi connectivity index (χ0n) is 10.2. The van der Waals surface area contributed by atoms with E-state index in [0.717, 1.165) is 0 Å². The molecule has 1 heterocycles. The first kappa shape index (κ1) is 12.3. The van der Waals surface area contributed by atoms with E-state index in [0.29, 0.717) is 18.4 Å². The Kier molecular flexibility index (Phi) is 2.73. The van der Waals surface area contributed by atoms with Crippen LogP contribution >= 0.6 is 0 Å². The summed E-state index contributed by atoms with van der Waals surface area (Å²) in [5, 5.41) is 11.5. The first-order chi connectivity index (χ1) is 8.35. The Labute approximate surface area is 104 Å². The van der Waals surface area contributed by atoms with Crippen molar-refractivity contribution in [3.63, 3.8) is 0 Å². The molecule has 0 radical (unpaired) electrons. The number of nitrogens with one attached hydrogen (secondary N) is 1. The minimum atomic E-state index is -1.11. The Morgan fingerprint density at radius 3 is 2.39 bits per heavy atom. The maximum atomic E-state index is 12.0. The van der Waals surface area contributed by atoms with Gasteiger partial charge >= 0.3 is 5.97 Å². The molecule has 96 valence electrons. The lowest BCUT2D eigenvalue weighted by atomic mass is 10.2. The molecule has 1 fully saturated rings. The van der Waals surface area contributed by atoms with Crippen molar-refractivity contribution < 1.29 is 19.5 Å². The van der Waals surface area contributed by atoms with Crippen LogP contribution in [0.15, 0.2) is 12.3 Å². The lowest BCUT2D eigenvalue weighted by Gasteiger charge is -2.12. The molecule has 2 N–H and O–H groups in total. The number of aliphatic carboxylic acids is 1. The SMILES string of the molecule is CC(=O)c1cc(C(=O)NC2(C(=O)O)CC2)n(C)c1. The van der Waals surface area contributed by atoms with E-state index >= 15 is 0 Å². The van der Waals surface area contributed by atoms with Gasteiger partial charge in [-0.15, -0.1) is 0 Å². The minimum absolute atomic E-state index is 0.135. The van der Waals surface area contributed by atoms with Crippen LogP contribution in [0.1, 0.15) is 40.6 Å². The molecule has 0 saturated heterocycles. The molecule has 0 aliphatic heterocycles. The molecule has 0 aromatic carbocycles. The van der Waals surface area contributed by atoms with E-state index in [1.807, 2.05) is 0 Å². The summed E-state index contributed by atoms with van der Waals surface area (Å²) in [5.74, 6) is -1.62. The third kappa shape index (κ3) is 2.01. The number of hydrogen-bond donors (Lipinski definition) is 2. The van der Waals surface area contributed by atoms with Gasteiger partial charge in [0.1, 0.15) is 11.2 Å². The van der Waals surface area contributed by atoms with E-state index in [9.17, 15) is 14.4 Å². The summed E-state index contributed by atoms with van der Waals surface area (Å²) < 4.78 is 1.52. The van der Waals surface area contributed by atoms with Crippen molar-refractivity contribution >= 4 is 17.7 Å². The molecule has 1 aliphatic rings. The Hall–Kier alpha value is -2.11. The highest BCUT2D eigenvalue weighted by atomic mass is 16.4. The van der Waals surface area contributed by atoms with E-state index in [-0.39, 0.29) is 11.5 Å². The normalized spacial score (nSPS) is 16.1. The fourth-order valence-corrected chi connectivity index (χ4v) is 1.78. The van der Waals surface area contributed by atoms with E-state index in [2.05, 4.69) is 5.32 Å². The van der Waals surface area contributed by atoms with Gasteiger partial charge in [0, 0.05) is 18.8 Å². The van der Waals surface area contributed by atoms with Gasteiger partial charge in [-0.05, 0) is 25.8 Å². The molecular formula is C12H14N2O4. The molecule has 6 heteroatoms. The van der Waals surface area contributed by atoms with Gasteiger partial charge in [0.05, 0.1) is 0 Å². The molecule has 1 amide bonds. The summed E-state index contributed by atoms with van der Waals surface area (Å²) >= 11 is 0. The van der Waals surface area contributed by atoms with Crippen molar-refractivity contribution in [2.24, 2.45) is 7.05 Å². The highest BCUT2D eigenvalue weighted by Gasteiger charge is 2.51. The summed E-state index contributed by atoms with van der Waals surface area (Å²) in [4.78, 5) is 34.1. The van der Waals surface area contributed by atoms with Crippen molar-refractivity contribution in [1.82, 2.24) is 9.88 Å². The Morgan fingerprint density at radius 2 is 2.00 bits per heavy atom. The molecule has 0 spiro atoms. The lowest BCUT2D eigenvalue weighted by molar-refractivity contribution is -0.140. The van der Waals surface area contributed by atoms with Gasteiger partial charge < -0.3 is 15.0 Å². The molecule has 18 heavy (non-hydrogen) atoms. The fraction of sp³-hybridized carbons (Fsp3) is 0.417. The van der Waals surface area contributed by atoms with Crippen molar-refractivity contribution in [1.29, 1.82) is 0 Å². The maximum Gasteiger partial charge on any atom is 0.329 e. The number of rotatable bonds is 4. The zero-order chi connectivity index (χ0) is 13.5. The van der Waals surface area contributed by atoms with E-state index < -0.39 is 17.4 Å². The molecule has 0 atom stereocenters. The predicted molar refractivity (Wildman–Crippen MR) is 62.5 cm³/mol. The third-order valence-corrected chi connectivity index (χ3v) is 3.16. The predicted octanol–water partition coefficient (Wildman–Crippen LogP) is 0.575. The van der Waals surface area contributed by atoms with Crippen LogP contribution in [-0.2, 0) is 11.8 Å². The summed E-state index contributed by atoms with van der Waals surface area (Å²) in [7, 11) is 1.64. The molecule has 1 aliphatic carbocycles. The number of amides is 1. The van der Waals surface area contributed by atoms with Gasteiger partial charge in [0.15, 0.2) is 5.78 Å². The number of carbonyl (C=O) groups excluding carboxylic acids is 2. The Bertz CT molecular complexity index is 540. The fourth-order valence-electron chi connectivity index (χ4n) is 1.78. The number of nitrogens with zero attached hydrogens (tertiary/aromatic N) is 1. The number of ketones is 1. The van der Waals surface area contributed by atoms with Gasteiger partial charge in [-0.25, -0.2) is 4.79 Å². The largest absolute Gasteiger partial charge is 0.480 e. The monoisotopic (exact) mass is 250 g/mol. The summed E-state index contributed by atoms with van der Waals surface area (Å²) in [6, 6.07) is 1.47. The topological polar surface area (TPSA) is 88.4 Å². The maximum absolute atomic E-state index is 12.0. The van der Waals surface area contributed by atoms with E-state index in [1.54, 1.807) is 13.2 Å². The van der Waals surface area contributed by atoms with Crippen LogP contribution in [0.25, 0.3) is 0 Å². The van der Waals surface area contributed by atoms with Crippen LogP contribution < -0.4 is 5.32 Å². The van der Waals surface area contributed by atoms with Gasteiger partial charge in [0.2, 0.25) is 0 Å². The summed E-state index contributed by atoms with van der Waals surface area (Å²) in [6.07, 6.45) is 2.44. The van der Waals surface area contributed by atoms with Crippen molar-refractivity contribution in [3.05, 3.63) is 23.5 Å². The van der Waals surface area contributed by atoms with Gasteiger partial charge in [0.25, 0.3) is 5.91 Å². The molecule has 1 saturated carbocycles. The smallest absolute Gasteiger partial charge is 0.329 e. The quantitative estimate of drug-likeness (QED) is 0.765. The second-order valence-corrected chi connectivity index (χ2v) is 4.62. The number of aromatic nitrogens is 1. The Balaban J connectivity index is 2.19. The molecular weight excluding hydrogens is 236 g/mol. The van der Waals surface area contributed by atoms with Gasteiger partial charge in [-0.3, -0.25) is 9.59 Å². The third-order valence-electron chi connectivity index (χ3n) is 3.16. The lowest BCUT2D eigenvalue weighted by Crippen LogP contribution is -2.43. The average Bonchev–Trinajstić information content (AvgIpc) is 2.94. The number of carboxylic acids is 1. The minimum Gasteiger partial charge on any atom is -0.480 e. The summed E-state index contributed by atoms with van der Waals surface area (Å²) in [6.45, 7) is 1.41. The second-order valence-electron chi connectivity index (χ2n) is 4.62. The van der Waals surface area contributed by atoms with Gasteiger partial charge in [-0.1, -0.05) is 0 Å². The molecule has 1 aromatic rings. The summed E-state index contributed by atoms with van der Waals surface area (Å²) in [5.41, 5.74) is -0.395. The highest BCUT2D eigenvalue weighted by Crippen LogP contribution is 2.35. The molecule has 2 rings (SSSR count). The molecule has 0 bridgehead atoms. The van der Waals surface area contributed by atoms with Gasteiger partial charge in [-0.2, -0.15) is 0 Å². The zero-order valence-corrected chi connectivity index (χ0v) is 10.2. The van der Waals surface area contributed by atoms with Crippen molar-refractivity contribution in [2.45, 2.75) is 25.3 Å². The van der Waals surface area contributed by atoms with Crippen molar-refractivity contribution in [3.8, 4) is 0 Å². The van der Waals surface area contributed by atoms with E-state index in [1.165, 1.54) is 17.6 Å². The van der Waals surface area contributed by atoms with E-state index in [4.69, 9.17) is 5.11 Å². The molecule has 6 nitrogen and oxygen atoms in total. The highest BCUT2D eigenvalue weighted by molar-refractivity contribution is 6.01. The second kappa shape index (κ2) is 3.97. The van der Waals surface area contributed by atoms with Crippen LogP contribution in [0.5, 0.6) is 0 Å². The van der Waals surface area contributed by atoms with Crippen molar-refractivity contribution in [2.75, 3.05) is 0 Å². The molecule has 0 unspecified atom stereocenters. The van der Waals surface area contributed by atoms with Crippen LogP contribution in [0, 0.1) is 0 Å². The van der Waals surface area contributed by atoms with Crippen LogP contribution in [0.3, 0.4) is 0 Å².